The van der Waals surface area contributed by atoms with E-state index in [9.17, 15) is 4.79 Å². The van der Waals surface area contributed by atoms with Crippen molar-refractivity contribution in [1.29, 1.82) is 0 Å². The van der Waals surface area contributed by atoms with Crippen LogP contribution >= 0.6 is 0 Å². The molecule has 6 nitrogen and oxygen atoms in total. The largest absolute Gasteiger partial charge is 0.497 e. The van der Waals surface area contributed by atoms with Crippen molar-refractivity contribution in [1.82, 2.24) is 10.2 Å². The molecule has 1 atom stereocenters. The van der Waals surface area contributed by atoms with Crippen LogP contribution in [0.15, 0.2) is 48.5 Å². The van der Waals surface area contributed by atoms with Crippen LogP contribution in [-0.4, -0.2) is 51.3 Å². The normalized spacial score (nSPS) is 11.7. The number of amides is 1. The summed E-state index contributed by atoms with van der Waals surface area (Å²) in [4.78, 5) is 14.3. The van der Waals surface area contributed by atoms with Gasteiger partial charge in [-0.3, -0.25) is 4.79 Å². The molecule has 0 saturated heterocycles. The van der Waals surface area contributed by atoms with Gasteiger partial charge in [-0.2, -0.15) is 0 Å². The van der Waals surface area contributed by atoms with E-state index in [-0.39, 0.29) is 5.91 Å². The lowest BCUT2D eigenvalue weighted by atomic mass is 10.2. The third-order valence-corrected chi connectivity index (χ3v) is 3.94. The lowest BCUT2D eigenvalue weighted by Gasteiger charge is -2.15. The van der Waals surface area contributed by atoms with E-state index in [1.807, 2.05) is 38.4 Å². The lowest BCUT2D eigenvalue weighted by Crippen LogP contribution is -2.35. The van der Waals surface area contributed by atoms with Crippen LogP contribution in [0.1, 0.15) is 12.5 Å². The van der Waals surface area contributed by atoms with Crippen molar-refractivity contribution in [3.8, 4) is 17.2 Å². The monoisotopic (exact) mass is 372 g/mol. The Morgan fingerprint density at radius 3 is 2.19 bits per heavy atom. The third-order valence-electron chi connectivity index (χ3n) is 3.94. The van der Waals surface area contributed by atoms with Gasteiger partial charge < -0.3 is 24.4 Å². The average Bonchev–Trinajstić information content (AvgIpc) is 2.67. The number of carbonyl (C=O) groups excluding carboxylic acids is 1. The zero-order valence-corrected chi connectivity index (χ0v) is 16.4. The van der Waals surface area contributed by atoms with Crippen LogP contribution in [0.4, 0.5) is 0 Å². The number of ether oxygens (including phenoxy) is 3. The van der Waals surface area contributed by atoms with E-state index in [0.717, 1.165) is 23.6 Å². The molecule has 0 bridgehead atoms. The molecular weight excluding hydrogens is 344 g/mol. The summed E-state index contributed by atoms with van der Waals surface area (Å²) in [6, 6.07) is 14.9. The number of nitrogens with one attached hydrogen (secondary N) is 1. The quantitative estimate of drug-likeness (QED) is 0.695. The van der Waals surface area contributed by atoms with Gasteiger partial charge in [0.2, 0.25) is 0 Å². The number of hydrogen-bond donors (Lipinski definition) is 1. The van der Waals surface area contributed by atoms with Gasteiger partial charge in [-0.25, -0.2) is 0 Å². The molecule has 2 aromatic rings. The summed E-state index contributed by atoms with van der Waals surface area (Å²) < 4.78 is 16.4. The molecule has 1 amide bonds. The Hall–Kier alpha value is -2.73. The fourth-order valence-electron chi connectivity index (χ4n) is 2.29. The first-order chi connectivity index (χ1) is 13.0. The Kier molecular flexibility index (Phi) is 7.95. The molecule has 0 heterocycles. The highest BCUT2D eigenvalue weighted by atomic mass is 16.5. The summed E-state index contributed by atoms with van der Waals surface area (Å²) in [7, 11) is 5.62. The standard InChI is InChI=1S/C21H28N2O4/c1-16(27-20-11-9-18(25-4)10-12-20)21(24)22-15-17-5-7-19(8-6-17)26-14-13-23(2)3/h5-12,16H,13-15H2,1-4H3,(H,22,24). The van der Waals surface area contributed by atoms with Crippen LogP contribution < -0.4 is 19.5 Å². The minimum absolute atomic E-state index is 0.169. The van der Waals surface area contributed by atoms with Crippen molar-refractivity contribution in [3.63, 3.8) is 0 Å². The van der Waals surface area contributed by atoms with Crippen LogP contribution in [0.25, 0.3) is 0 Å². The Bertz CT molecular complexity index is 699. The molecule has 0 aliphatic carbocycles. The molecule has 0 aliphatic heterocycles. The molecule has 0 radical (unpaired) electrons. The molecule has 0 fully saturated rings. The third kappa shape index (κ3) is 7.19. The summed E-state index contributed by atoms with van der Waals surface area (Å²) in [5, 5.41) is 2.88. The molecule has 1 N–H and O–H groups in total. The molecule has 6 heteroatoms. The maximum absolute atomic E-state index is 12.2. The number of likely N-dealkylation sites (N-methyl/N-ethyl adjacent to an activating group) is 1. The summed E-state index contributed by atoms with van der Waals surface area (Å²) in [5.41, 5.74) is 1.000. The predicted molar refractivity (Wildman–Crippen MR) is 105 cm³/mol. The first-order valence-corrected chi connectivity index (χ1v) is 8.93. The molecule has 146 valence electrons. The van der Waals surface area contributed by atoms with Crippen LogP contribution in [0.5, 0.6) is 17.2 Å². The van der Waals surface area contributed by atoms with Gasteiger partial charge in [0, 0.05) is 13.1 Å². The molecular formula is C21H28N2O4. The average molecular weight is 372 g/mol. The second kappa shape index (κ2) is 10.4. The molecule has 0 saturated carbocycles. The van der Waals surface area contributed by atoms with E-state index in [0.29, 0.717) is 18.9 Å². The van der Waals surface area contributed by atoms with Gasteiger partial charge in [0.05, 0.1) is 7.11 Å². The van der Waals surface area contributed by atoms with Gasteiger partial charge in [0.1, 0.15) is 23.9 Å². The van der Waals surface area contributed by atoms with Crippen molar-refractivity contribution < 1.29 is 19.0 Å². The zero-order chi connectivity index (χ0) is 19.6. The topological polar surface area (TPSA) is 60.0 Å². The highest BCUT2D eigenvalue weighted by Gasteiger charge is 2.14. The van der Waals surface area contributed by atoms with Gasteiger partial charge >= 0.3 is 0 Å². The van der Waals surface area contributed by atoms with Gasteiger partial charge in [0.15, 0.2) is 6.10 Å². The van der Waals surface area contributed by atoms with Gasteiger partial charge in [-0.05, 0) is 63.0 Å². The van der Waals surface area contributed by atoms with Crippen LogP contribution in [0.3, 0.4) is 0 Å². The number of hydrogen-bond acceptors (Lipinski definition) is 5. The summed E-state index contributed by atoms with van der Waals surface area (Å²) >= 11 is 0. The number of methoxy groups -OCH3 is 1. The first-order valence-electron chi connectivity index (χ1n) is 8.93. The zero-order valence-electron chi connectivity index (χ0n) is 16.4. The Morgan fingerprint density at radius 1 is 1.00 bits per heavy atom. The Labute approximate surface area is 161 Å². The van der Waals surface area contributed by atoms with Gasteiger partial charge in [0.25, 0.3) is 5.91 Å². The molecule has 2 rings (SSSR count). The fourth-order valence-corrected chi connectivity index (χ4v) is 2.29. The minimum atomic E-state index is -0.591. The maximum atomic E-state index is 12.2. The van der Waals surface area contributed by atoms with Crippen LogP contribution in [0.2, 0.25) is 0 Å². The number of carbonyl (C=O) groups is 1. The van der Waals surface area contributed by atoms with E-state index in [2.05, 4.69) is 10.2 Å². The molecule has 27 heavy (non-hydrogen) atoms. The summed E-state index contributed by atoms with van der Waals surface area (Å²) in [5.74, 6) is 2.02. The second-order valence-corrected chi connectivity index (χ2v) is 6.45. The smallest absolute Gasteiger partial charge is 0.261 e. The van der Waals surface area contributed by atoms with Crippen molar-refractivity contribution in [2.45, 2.75) is 19.6 Å². The van der Waals surface area contributed by atoms with E-state index in [1.165, 1.54) is 0 Å². The fraction of sp³-hybridized carbons (Fsp3) is 0.381. The highest BCUT2D eigenvalue weighted by molar-refractivity contribution is 5.80. The van der Waals surface area contributed by atoms with Crippen molar-refractivity contribution >= 4 is 5.91 Å². The predicted octanol–water partition coefficient (Wildman–Crippen LogP) is 2.72. The number of rotatable bonds is 10. The van der Waals surface area contributed by atoms with Crippen molar-refractivity contribution in [2.75, 3.05) is 34.4 Å². The SMILES string of the molecule is COc1ccc(OC(C)C(=O)NCc2ccc(OCCN(C)C)cc2)cc1. The van der Waals surface area contributed by atoms with E-state index < -0.39 is 6.10 Å². The first kappa shape index (κ1) is 20.6. The number of nitrogens with zero attached hydrogens (tertiary/aromatic N) is 1. The van der Waals surface area contributed by atoms with Crippen LogP contribution in [-0.2, 0) is 11.3 Å². The lowest BCUT2D eigenvalue weighted by molar-refractivity contribution is -0.127. The highest BCUT2D eigenvalue weighted by Crippen LogP contribution is 2.18. The summed E-state index contributed by atoms with van der Waals surface area (Å²) in [6.07, 6.45) is -0.591. The molecule has 2 aromatic carbocycles. The molecule has 1 unspecified atom stereocenters. The second-order valence-electron chi connectivity index (χ2n) is 6.45. The van der Waals surface area contributed by atoms with Crippen LogP contribution in [0, 0.1) is 0 Å². The maximum Gasteiger partial charge on any atom is 0.261 e. The molecule has 0 aromatic heterocycles. The van der Waals surface area contributed by atoms with Gasteiger partial charge in [-0.15, -0.1) is 0 Å². The van der Waals surface area contributed by atoms with Crippen molar-refractivity contribution in [2.24, 2.45) is 0 Å². The molecule has 0 aliphatic rings. The van der Waals surface area contributed by atoms with E-state index in [4.69, 9.17) is 14.2 Å². The Morgan fingerprint density at radius 2 is 1.59 bits per heavy atom. The Balaban J connectivity index is 1.76. The van der Waals surface area contributed by atoms with E-state index in [1.54, 1.807) is 38.3 Å². The molecule has 0 spiro atoms. The van der Waals surface area contributed by atoms with Crippen molar-refractivity contribution in [3.05, 3.63) is 54.1 Å². The van der Waals surface area contributed by atoms with E-state index >= 15 is 0 Å². The van der Waals surface area contributed by atoms with Gasteiger partial charge in [-0.1, -0.05) is 12.1 Å². The number of benzene rings is 2. The minimum Gasteiger partial charge on any atom is -0.497 e. The summed E-state index contributed by atoms with van der Waals surface area (Å²) in [6.45, 7) is 3.67.